The van der Waals surface area contributed by atoms with Gasteiger partial charge in [-0.3, -0.25) is 10.2 Å². The molecule has 0 aromatic heterocycles. The number of nitrogens with one attached hydrogen (secondary N) is 1. The Balaban J connectivity index is 2.06. The van der Waals surface area contributed by atoms with Gasteiger partial charge in [0.25, 0.3) is 5.91 Å². The maximum atomic E-state index is 11.9. The van der Waals surface area contributed by atoms with Gasteiger partial charge < -0.3 is 10.8 Å². The Kier molecular flexibility index (Phi) is 3.49. The normalized spacial score (nSPS) is 16.7. The Morgan fingerprint density at radius 2 is 2.00 bits per heavy atom. The summed E-state index contributed by atoms with van der Waals surface area (Å²) >= 11 is 0. The van der Waals surface area contributed by atoms with Crippen molar-refractivity contribution in [1.82, 2.24) is 10.4 Å². The van der Waals surface area contributed by atoms with Crippen molar-refractivity contribution >= 4 is 11.6 Å². The fraction of sp³-hybridized carbons (Fsp3) is 0.417. The second-order valence-corrected chi connectivity index (χ2v) is 4.23. The van der Waals surface area contributed by atoms with Crippen LogP contribution in [0.4, 0.5) is 5.69 Å². The van der Waals surface area contributed by atoms with Crippen LogP contribution in [0.25, 0.3) is 0 Å². The molecular weight excluding hydrogens is 218 g/mol. The van der Waals surface area contributed by atoms with Crippen LogP contribution in [0, 0.1) is 0 Å². The fourth-order valence-electron chi connectivity index (χ4n) is 1.95. The second kappa shape index (κ2) is 5.05. The highest BCUT2D eigenvalue weighted by Crippen LogP contribution is 2.24. The average Bonchev–Trinajstić information content (AvgIpc) is 2.34. The molecule has 0 aliphatic carbocycles. The van der Waals surface area contributed by atoms with Crippen LogP contribution in [0.2, 0.25) is 0 Å². The molecule has 1 amide bonds. The molecule has 17 heavy (non-hydrogen) atoms. The number of piperidine rings is 1. The van der Waals surface area contributed by atoms with E-state index in [0.717, 1.165) is 25.9 Å². The minimum absolute atomic E-state index is 0.151. The largest absolute Gasteiger partial charge is 0.505 e. The van der Waals surface area contributed by atoms with Crippen LogP contribution in [-0.2, 0) is 0 Å². The molecule has 1 fully saturated rings. The van der Waals surface area contributed by atoms with Gasteiger partial charge in [-0.15, -0.1) is 0 Å². The van der Waals surface area contributed by atoms with E-state index in [4.69, 9.17) is 5.73 Å². The molecule has 5 nitrogen and oxygen atoms in total. The fourth-order valence-corrected chi connectivity index (χ4v) is 1.95. The topological polar surface area (TPSA) is 78.6 Å². The minimum Gasteiger partial charge on any atom is -0.505 e. The number of anilines is 1. The SMILES string of the molecule is Nc1cccc(C(=O)NN2CCCCC2)c1O. The molecule has 1 aliphatic rings. The summed E-state index contributed by atoms with van der Waals surface area (Å²) in [5.41, 5.74) is 8.77. The number of para-hydroxylation sites is 1. The Labute approximate surface area is 100 Å². The number of phenols is 1. The van der Waals surface area contributed by atoms with Crippen LogP contribution >= 0.6 is 0 Å². The van der Waals surface area contributed by atoms with Crippen molar-refractivity contribution in [3.05, 3.63) is 23.8 Å². The van der Waals surface area contributed by atoms with Crippen LogP contribution in [0.15, 0.2) is 18.2 Å². The lowest BCUT2D eigenvalue weighted by molar-refractivity contribution is 0.0747. The molecular formula is C12H17N3O2. The van der Waals surface area contributed by atoms with Crippen LogP contribution in [0.3, 0.4) is 0 Å². The molecule has 1 heterocycles. The number of hydrogen-bond acceptors (Lipinski definition) is 4. The number of benzene rings is 1. The standard InChI is InChI=1S/C12H17N3O2/c13-10-6-4-5-9(11(10)16)12(17)14-15-7-2-1-3-8-15/h4-6,16H,1-3,7-8,13H2,(H,14,17). The molecule has 2 rings (SSSR count). The number of amides is 1. The second-order valence-electron chi connectivity index (χ2n) is 4.23. The van der Waals surface area contributed by atoms with Crippen molar-refractivity contribution in [2.24, 2.45) is 0 Å². The van der Waals surface area contributed by atoms with Gasteiger partial charge >= 0.3 is 0 Å². The summed E-state index contributed by atoms with van der Waals surface area (Å²) < 4.78 is 0. The first-order valence-corrected chi connectivity index (χ1v) is 5.82. The number of aromatic hydroxyl groups is 1. The highest BCUT2D eigenvalue weighted by molar-refractivity contribution is 5.98. The van der Waals surface area contributed by atoms with E-state index in [1.807, 2.05) is 5.01 Å². The minimum atomic E-state index is -0.309. The number of nitrogens with two attached hydrogens (primary N) is 1. The average molecular weight is 235 g/mol. The highest BCUT2D eigenvalue weighted by atomic mass is 16.3. The lowest BCUT2D eigenvalue weighted by atomic mass is 10.1. The van der Waals surface area contributed by atoms with Crippen molar-refractivity contribution in [2.45, 2.75) is 19.3 Å². The summed E-state index contributed by atoms with van der Waals surface area (Å²) in [6.07, 6.45) is 3.38. The smallest absolute Gasteiger partial charge is 0.269 e. The van der Waals surface area contributed by atoms with E-state index in [9.17, 15) is 9.90 Å². The van der Waals surface area contributed by atoms with E-state index in [1.165, 1.54) is 6.42 Å². The number of carbonyl (C=O) groups excluding carboxylic acids is 1. The Hall–Kier alpha value is -1.75. The molecule has 0 unspecified atom stereocenters. The number of nitrogens with zero attached hydrogens (tertiary/aromatic N) is 1. The van der Waals surface area contributed by atoms with E-state index in [-0.39, 0.29) is 22.9 Å². The first-order chi connectivity index (χ1) is 8.18. The molecule has 0 saturated carbocycles. The maximum Gasteiger partial charge on any atom is 0.269 e. The summed E-state index contributed by atoms with van der Waals surface area (Å²) in [7, 11) is 0. The molecule has 1 aromatic carbocycles. The van der Waals surface area contributed by atoms with Gasteiger partial charge in [0.05, 0.1) is 11.3 Å². The van der Waals surface area contributed by atoms with Crippen LogP contribution in [0.5, 0.6) is 5.75 Å². The van der Waals surface area contributed by atoms with E-state index < -0.39 is 0 Å². The van der Waals surface area contributed by atoms with E-state index in [1.54, 1.807) is 18.2 Å². The predicted molar refractivity (Wildman–Crippen MR) is 65.4 cm³/mol. The van der Waals surface area contributed by atoms with Crippen molar-refractivity contribution < 1.29 is 9.90 Å². The third-order valence-electron chi connectivity index (χ3n) is 2.93. The van der Waals surface area contributed by atoms with Crippen LogP contribution in [-0.4, -0.2) is 29.1 Å². The summed E-state index contributed by atoms with van der Waals surface area (Å²) in [6, 6.07) is 4.78. The zero-order chi connectivity index (χ0) is 12.3. The molecule has 1 aromatic rings. The molecule has 0 bridgehead atoms. The first kappa shape index (κ1) is 11.7. The lowest BCUT2D eigenvalue weighted by Crippen LogP contribution is -2.45. The van der Waals surface area contributed by atoms with Gasteiger partial charge in [0, 0.05) is 13.1 Å². The molecule has 1 aliphatic heterocycles. The number of hydrogen-bond donors (Lipinski definition) is 3. The molecule has 0 spiro atoms. The number of carbonyl (C=O) groups is 1. The zero-order valence-electron chi connectivity index (χ0n) is 9.65. The number of phenolic OH excluding ortho intramolecular Hbond substituents is 1. The molecule has 5 heteroatoms. The molecule has 4 N–H and O–H groups in total. The molecule has 1 saturated heterocycles. The van der Waals surface area contributed by atoms with Gasteiger partial charge in [-0.1, -0.05) is 12.5 Å². The monoisotopic (exact) mass is 235 g/mol. The van der Waals surface area contributed by atoms with Gasteiger partial charge in [0.1, 0.15) is 0 Å². The zero-order valence-corrected chi connectivity index (χ0v) is 9.65. The van der Waals surface area contributed by atoms with Gasteiger partial charge in [0.15, 0.2) is 5.75 Å². The van der Waals surface area contributed by atoms with Crippen LogP contribution < -0.4 is 11.2 Å². The summed E-state index contributed by atoms with van der Waals surface area (Å²) in [6.45, 7) is 1.71. The maximum absolute atomic E-state index is 11.9. The first-order valence-electron chi connectivity index (χ1n) is 5.82. The summed E-state index contributed by atoms with van der Waals surface area (Å²) in [4.78, 5) is 11.9. The third kappa shape index (κ3) is 2.68. The van der Waals surface area contributed by atoms with Crippen molar-refractivity contribution in [1.29, 1.82) is 0 Å². The predicted octanol–water partition coefficient (Wildman–Crippen LogP) is 1.11. The van der Waals surface area contributed by atoms with Gasteiger partial charge in [-0.2, -0.15) is 0 Å². The quantitative estimate of drug-likeness (QED) is 0.530. The lowest BCUT2D eigenvalue weighted by Gasteiger charge is -2.26. The number of nitrogen functional groups attached to an aromatic ring is 1. The van der Waals surface area contributed by atoms with Gasteiger partial charge in [0.2, 0.25) is 0 Å². The summed E-state index contributed by atoms with van der Waals surface area (Å²) in [5.74, 6) is -0.460. The van der Waals surface area contributed by atoms with E-state index >= 15 is 0 Å². The molecule has 0 atom stereocenters. The van der Waals surface area contributed by atoms with E-state index in [2.05, 4.69) is 5.43 Å². The van der Waals surface area contributed by atoms with Crippen LogP contribution in [0.1, 0.15) is 29.6 Å². The Morgan fingerprint density at radius 1 is 1.29 bits per heavy atom. The summed E-state index contributed by atoms with van der Waals surface area (Å²) in [5, 5.41) is 11.6. The number of rotatable bonds is 2. The van der Waals surface area contributed by atoms with Gasteiger partial charge in [-0.05, 0) is 25.0 Å². The number of hydrazine groups is 1. The Bertz CT molecular complexity index is 414. The third-order valence-corrected chi connectivity index (χ3v) is 2.93. The van der Waals surface area contributed by atoms with Crippen molar-refractivity contribution in [2.75, 3.05) is 18.8 Å². The van der Waals surface area contributed by atoms with Gasteiger partial charge in [-0.25, -0.2) is 5.01 Å². The molecule has 0 radical (unpaired) electrons. The van der Waals surface area contributed by atoms with Crippen molar-refractivity contribution in [3.8, 4) is 5.75 Å². The Morgan fingerprint density at radius 3 is 2.71 bits per heavy atom. The van der Waals surface area contributed by atoms with Crippen molar-refractivity contribution in [3.63, 3.8) is 0 Å². The highest BCUT2D eigenvalue weighted by Gasteiger charge is 2.17. The van der Waals surface area contributed by atoms with E-state index in [0.29, 0.717) is 0 Å². The molecule has 92 valence electrons.